The summed E-state index contributed by atoms with van der Waals surface area (Å²) in [6.07, 6.45) is 1.67. The van der Waals surface area contributed by atoms with Crippen LogP contribution in [0.4, 0.5) is 11.5 Å². The minimum atomic E-state index is -0.392. The van der Waals surface area contributed by atoms with Crippen molar-refractivity contribution in [2.24, 2.45) is 0 Å². The van der Waals surface area contributed by atoms with E-state index in [4.69, 9.17) is 11.6 Å². The van der Waals surface area contributed by atoms with Crippen LogP contribution in [0.3, 0.4) is 0 Å². The Balaban J connectivity index is 1.32. The molecule has 2 aromatic carbocycles. The quantitative estimate of drug-likeness (QED) is 0.411. The highest BCUT2D eigenvalue weighted by atomic mass is 35.5. The Labute approximate surface area is 202 Å². The van der Waals surface area contributed by atoms with E-state index in [2.05, 4.69) is 51.9 Å². The van der Waals surface area contributed by atoms with Gasteiger partial charge in [-0.05, 0) is 61.4 Å². The molecule has 174 valence electrons. The molecule has 8 nitrogen and oxygen atoms in total. The maximum atomic E-state index is 12.7. The largest absolute Gasteiger partial charge is 0.368 e. The molecule has 0 amide bonds. The smallest absolute Gasteiger partial charge is 0.352 e. The molecular weight excluding hydrogens is 452 g/mol. The maximum absolute atomic E-state index is 12.7. The van der Waals surface area contributed by atoms with Crippen molar-refractivity contribution >= 4 is 34.7 Å². The van der Waals surface area contributed by atoms with E-state index in [0.29, 0.717) is 10.6 Å². The summed E-state index contributed by atoms with van der Waals surface area (Å²) in [5, 5.41) is 4.86. The van der Waals surface area contributed by atoms with Crippen molar-refractivity contribution in [2.75, 3.05) is 36.0 Å². The molecular formula is C25H25ClN6O2. The molecule has 0 bridgehead atoms. The highest BCUT2D eigenvalue weighted by molar-refractivity contribution is 6.30. The predicted molar refractivity (Wildman–Crippen MR) is 133 cm³/mol. The van der Waals surface area contributed by atoms with Crippen LogP contribution >= 0.6 is 11.6 Å². The van der Waals surface area contributed by atoms with Crippen LogP contribution in [0.25, 0.3) is 5.78 Å². The SMILES string of the molecule is Cc1cccc(N2CCN(c3ccn4c(=O)n(CC(=O)c5ccc(Cl)cc5)nc4n3)CC2)c1C. The normalized spacial score (nSPS) is 14.1. The zero-order valence-electron chi connectivity index (χ0n) is 19.1. The second kappa shape index (κ2) is 8.95. The van der Waals surface area contributed by atoms with E-state index in [1.54, 1.807) is 30.5 Å². The minimum Gasteiger partial charge on any atom is -0.368 e. The van der Waals surface area contributed by atoms with Gasteiger partial charge in [-0.1, -0.05) is 23.7 Å². The zero-order valence-corrected chi connectivity index (χ0v) is 19.9. The Morgan fingerprint density at radius 2 is 1.68 bits per heavy atom. The molecule has 0 spiro atoms. The number of carbonyl (C=O) groups excluding carboxylic acids is 1. The Bertz CT molecular complexity index is 1420. The van der Waals surface area contributed by atoms with Crippen molar-refractivity contribution in [3.05, 3.63) is 86.9 Å². The maximum Gasteiger partial charge on any atom is 0.352 e. The van der Waals surface area contributed by atoms with Gasteiger partial charge in [-0.25, -0.2) is 13.9 Å². The van der Waals surface area contributed by atoms with Gasteiger partial charge in [-0.3, -0.25) is 4.79 Å². The second-order valence-corrected chi connectivity index (χ2v) is 8.96. The van der Waals surface area contributed by atoms with Gasteiger partial charge in [0.2, 0.25) is 0 Å². The van der Waals surface area contributed by atoms with Gasteiger partial charge in [0.1, 0.15) is 12.4 Å². The molecule has 0 saturated carbocycles. The predicted octanol–water partition coefficient (Wildman–Crippen LogP) is 3.37. The molecule has 0 atom stereocenters. The number of hydrogen-bond donors (Lipinski definition) is 0. The summed E-state index contributed by atoms with van der Waals surface area (Å²) in [5.41, 5.74) is 3.97. The van der Waals surface area contributed by atoms with E-state index in [0.717, 1.165) is 36.7 Å². The van der Waals surface area contributed by atoms with Crippen LogP contribution in [0, 0.1) is 13.8 Å². The van der Waals surface area contributed by atoms with Gasteiger partial charge >= 0.3 is 5.69 Å². The molecule has 34 heavy (non-hydrogen) atoms. The summed E-state index contributed by atoms with van der Waals surface area (Å²) in [7, 11) is 0. The Morgan fingerprint density at radius 1 is 0.971 bits per heavy atom. The fraction of sp³-hybridized carbons (Fsp3) is 0.280. The summed E-state index contributed by atoms with van der Waals surface area (Å²) in [5.74, 6) is 0.836. The molecule has 1 fully saturated rings. The van der Waals surface area contributed by atoms with E-state index in [-0.39, 0.29) is 18.1 Å². The van der Waals surface area contributed by atoms with Gasteiger partial charge in [0, 0.05) is 48.6 Å². The molecule has 0 unspecified atom stereocenters. The van der Waals surface area contributed by atoms with Gasteiger partial charge in [0.05, 0.1) is 0 Å². The molecule has 1 saturated heterocycles. The first-order valence-corrected chi connectivity index (χ1v) is 11.6. The van der Waals surface area contributed by atoms with Gasteiger partial charge in [-0.2, -0.15) is 4.98 Å². The number of aryl methyl sites for hydroxylation is 1. The summed E-state index contributed by atoms with van der Waals surface area (Å²) >= 11 is 5.89. The van der Waals surface area contributed by atoms with Crippen molar-refractivity contribution in [2.45, 2.75) is 20.4 Å². The van der Waals surface area contributed by atoms with Crippen molar-refractivity contribution in [3.63, 3.8) is 0 Å². The van der Waals surface area contributed by atoms with Crippen LogP contribution in [-0.2, 0) is 6.54 Å². The Morgan fingerprint density at radius 3 is 2.41 bits per heavy atom. The average molecular weight is 477 g/mol. The number of fused-ring (bicyclic) bond motifs is 1. The number of rotatable bonds is 5. The van der Waals surface area contributed by atoms with Crippen LogP contribution in [0.15, 0.2) is 59.5 Å². The van der Waals surface area contributed by atoms with Crippen LogP contribution in [0.1, 0.15) is 21.5 Å². The van der Waals surface area contributed by atoms with E-state index in [1.165, 1.54) is 21.2 Å². The summed E-state index contributed by atoms with van der Waals surface area (Å²) in [6, 6.07) is 14.8. The lowest BCUT2D eigenvalue weighted by atomic mass is 10.1. The van der Waals surface area contributed by atoms with Gasteiger partial charge in [0.25, 0.3) is 5.78 Å². The Kier molecular flexibility index (Phi) is 5.83. The van der Waals surface area contributed by atoms with Gasteiger partial charge < -0.3 is 9.80 Å². The number of aromatic nitrogens is 4. The lowest BCUT2D eigenvalue weighted by molar-refractivity contribution is 0.0966. The minimum absolute atomic E-state index is 0.159. The highest BCUT2D eigenvalue weighted by Gasteiger charge is 2.21. The molecule has 1 aliphatic rings. The first-order chi connectivity index (χ1) is 16.4. The molecule has 0 N–H and O–H groups in total. The molecule has 3 heterocycles. The number of ketones is 1. The van der Waals surface area contributed by atoms with Crippen molar-refractivity contribution in [1.29, 1.82) is 0 Å². The lowest BCUT2D eigenvalue weighted by Crippen LogP contribution is -2.47. The number of benzene rings is 2. The van der Waals surface area contributed by atoms with Crippen molar-refractivity contribution in [3.8, 4) is 0 Å². The number of halogens is 1. The standard InChI is InChI=1S/C25H25ClN6O2/c1-17-4-3-5-21(18(17)2)29-12-14-30(15-13-29)23-10-11-31-24(27-23)28-32(25(31)34)16-22(33)19-6-8-20(26)9-7-19/h3-11H,12-16H2,1-2H3. The zero-order chi connectivity index (χ0) is 23.8. The third-order valence-electron chi connectivity index (χ3n) is 6.42. The number of nitrogens with zero attached hydrogens (tertiary/aromatic N) is 6. The number of carbonyl (C=O) groups is 1. The van der Waals surface area contributed by atoms with E-state index in [1.807, 2.05) is 6.07 Å². The first-order valence-electron chi connectivity index (χ1n) is 11.2. The molecule has 0 aliphatic carbocycles. The topological polar surface area (TPSA) is 75.7 Å². The molecule has 4 aromatic rings. The summed E-state index contributed by atoms with van der Waals surface area (Å²) in [6.45, 7) is 7.54. The Hall–Kier alpha value is -3.65. The summed E-state index contributed by atoms with van der Waals surface area (Å²) < 4.78 is 2.52. The molecule has 0 radical (unpaired) electrons. The summed E-state index contributed by atoms with van der Waals surface area (Å²) in [4.78, 5) is 34.5. The van der Waals surface area contributed by atoms with Crippen LogP contribution in [0.5, 0.6) is 0 Å². The number of anilines is 2. The number of Topliss-reactive ketones (excluding diaryl/α,β-unsaturated/α-hetero) is 1. The average Bonchev–Trinajstić information content (AvgIpc) is 3.15. The third-order valence-corrected chi connectivity index (χ3v) is 6.67. The third kappa shape index (κ3) is 4.17. The first kappa shape index (κ1) is 22.2. The molecule has 5 rings (SSSR count). The van der Waals surface area contributed by atoms with Crippen LogP contribution in [0.2, 0.25) is 5.02 Å². The van der Waals surface area contributed by atoms with E-state index >= 15 is 0 Å². The number of piperazine rings is 1. The van der Waals surface area contributed by atoms with Gasteiger partial charge in [-0.15, -0.1) is 5.10 Å². The second-order valence-electron chi connectivity index (χ2n) is 8.52. The lowest BCUT2D eigenvalue weighted by Gasteiger charge is -2.37. The fourth-order valence-electron chi connectivity index (χ4n) is 4.29. The van der Waals surface area contributed by atoms with Gasteiger partial charge in [0.15, 0.2) is 5.78 Å². The number of hydrogen-bond acceptors (Lipinski definition) is 6. The van der Waals surface area contributed by atoms with Crippen molar-refractivity contribution in [1.82, 2.24) is 19.2 Å². The molecule has 2 aromatic heterocycles. The fourth-order valence-corrected chi connectivity index (χ4v) is 4.42. The van der Waals surface area contributed by atoms with Crippen LogP contribution in [-0.4, -0.2) is 51.1 Å². The molecule has 9 heteroatoms. The molecule has 1 aliphatic heterocycles. The monoisotopic (exact) mass is 476 g/mol. The van der Waals surface area contributed by atoms with E-state index < -0.39 is 5.69 Å². The van der Waals surface area contributed by atoms with Crippen molar-refractivity contribution < 1.29 is 4.79 Å². The van der Waals surface area contributed by atoms with Crippen LogP contribution < -0.4 is 15.5 Å². The highest BCUT2D eigenvalue weighted by Crippen LogP contribution is 2.25. The van der Waals surface area contributed by atoms with E-state index in [9.17, 15) is 9.59 Å².